The van der Waals surface area contributed by atoms with Gasteiger partial charge in [0.25, 0.3) is 0 Å². The molecule has 1 aromatic rings. The van der Waals surface area contributed by atoms with Gasteiger partial charge in [0.15, 0.2) is 5.12 Å². The smallest absolute Gasteiger partial charge is 0.243 e. The number of carbonyl (C=O) groups is 1. The van der Waals surface area contributed by atoms with Gasteiger partial charge in [-0.05, 0) is 31.1 Å². The summed E-state index contributed by atoms with van der Waals surface area (Å²) in [5.41, 5.74) is 1.39. The maximum absolute atomic E-state index is 11.8. The average molecular weight is 452 g/mol. The number of hydrogen-bond donors (Lipinski definition) is 1. The Morgan fingerprint density at radius 2 is 1.65 bits per heavy atom. The zero-order chi connectivity index (χ0) is 23.2. The van der Waals surface area contributed by atoms with Gasteiger partial charge in [0.05, 0.1) is 25.6 Å². The third-order valence-electron chi connectivity index (χ3n) is 5.55. The molecule has 0 amide bonds. The third-order valence-corrected chi connectivity index (χ3v) is 5.74. The summed E-state index contributed by atoms with van der Waals surface area (Å²) in [6, 6.07) is 3.60. The molecule has 0 heterocycles. The molecule has 0 aliphatic carbocycles. The first-order valence-electron chi connectivity index (χ1n) is 11.1. The number of carbonyl (C=O) groups excluding carboxylic acids is 1. The Hall–Kier alpha value is -2.02. The largest absolute Gasteiger partial charge is 0.496 e. The van der Waals surface area contributed by atoms with Crippen LogP contribution in [-0.4, -0.2) is 24.3 Å². The Balaban J connectivity index is 2.93. The van der Waals surface area contributed by atoms with Crippen LogP contribution in [-0.2, 0) is 11.2 Å². The zero-order valence-electron chi connectivity index (χ0n) is 19.2. The Kier molecular flexibility index (Phi) is 13.0. The van der Waals surface area contributed by atoms with Gasteiger partial charge in [-0.25, -0.2) is 0 Å². The van der Waals surface area contributed by atoms with Crippen molar-refractivity contribution >= 4 is 17.7 Å². The molecule has 0 saturated carbocycles. The van der Waals surface area contributed by atoms with Crippen molar-refractivity contribution in [2.75, 3.05) is 14.2 Å². The van der Waals surface area contributed by atoms with Crippen LogP contribution in [0.1, 0.15) is 88.2 Å². The van der Waals surface area contributed by atoms with Crippen molar-refractivity contribution in [3.63, 3.8) is 0 Å². The van der Waals surface area contributed by atoms with Crippen LogP contribution in [0.3, 0.4) is 0 Å². The van der Waals surface area contributed by atoms with Gasteiger partial charge in [0.2, 0.25) is 5.70 Å². The minimum Gasteiger partial charge on any atom is -0.496 e. The molecule has 1 aromatic carbocycles. The normalized spacial score (nSPS) is 11.7. The first-order chi connectivity index (χ1) is 14.8. The number of ether oxygens (including phenoxy) is 2. The molecule has 0 spiro atoms. The van der Waals surface area contributed by atoms with Crippen molar-refractivity contribution in [2.45, 2.75) is 83.5 Å². The van der Waals surface area contributed by atoms with E-state index in [1.807, 2.05) is 6.07 Å². The summed E-state index contributed by atoms with van der Waals surface area (Å²) in [5, 5.41) is 10.8. The van der Waals surface area contributed by atoms with Gasteiger partial charge in [0, 0.05) is 17.5 Å². The van der Waals surface area contributed by atoms with Crippen LogP contribution in [0.5, 0.6) is 11.5 Å². The number of hydrogen-bond acceptors (Lipinski definition) is 5. The monoisotopic (exact) mass is 451 g/mol. The fourth-order valence-electron chi connectivity index (χ4n) is 3.83. The molecule has 31 heavy (non-hydrogen) atoms. The van der Waals surface area contributed by atoms with E-state index >= 15 is 0 Å². The maximum atomic E-state index is 11.8. The fraction of sp³-hybridized carbons (Fsp3) is 0.625. The van der Waals surface area contributed by atoms with Crippen molar-refractivity contribution in [2.24, 2.45) is 0 Å². The standard InChI is InChI=1S/C24H37NO5S/c1-5-6-7-8-9-10-11-12-13-19(16-24(26)31)21-17-22(29-3)20(15-23(21)30-4)14-18(2)25(27)28/h15,17,19H,2,5-14,16H2,1,3-4H3,(H,26,31). The molecular formula is C24H37NO5S. The molecule has 1 atom stereocenters. The van der Waals surface area contributed by atoms with Crippen molar-refractivity contribution < 1.29 is 19.2 Å². The van der Waals surface area contributed by atoms with Crippen LogP contribution >= 0.6 is 12.6 Å². The molecule has 0 aromatic heterocycles. The Morgan fingerprint density at radius 1 is 1.06 bits per heavy atom. The Morgan fingerprint density at radius 3 is 2.16 bits per heavy atom. The predicted octanol–water partition coefficient (Wildman–Crippen LogP) is 6.50. The van der Waals surface area contributed by atoms with Crippen molar-refractivity contribution in [3.05, 3.63) is 45.6 Å². The highest BCUT2D eigenvalue weighted by molar-refractivity contribution is 7.96. The summed E-state index contributed by atoms with van der Waals surface area (Å²) >= 11 is 4.00. The summed E-state index contributed by atoms with van der Waals surface area (Å²) in [4.78, 5) is 22.3. The molecule has 0 N–H and O–H groups in total. The summed E-state index contributed by atoms with van der Waals surface area (Å²) < 4.78 is 11.1. The van der Waals surface area contributed by atoms with E-state index in [0.29, 0.717) is 23.5 Å². The molecule has 0 aliphatic heterocycles. The maximum Gasteiger partial charge on any atom is 0.243 e. The molecule has 1 unspecified atom stereocenters. The van der Waals surface area contributed by atoms with E-state index in [1.54, 1.807) is 13.2 Å². The first kappa shape index (κ1) is 27.0. The van der Waals surface area contributed by atoms with Crippen molar-refractivity contribution in [3.8, 4) is 11.5 Å². The summed E-state index contributed by atoms with van der Waals surface area (Å²) in [6.07, 6.45) is 11.0. The number of nitro groups is 1. The minimum atomic E-state index is -0.496. The highest BCUT2D eigenvalue weighted by atomic mass is 32.1. The van der Waals surface area contributed by atoms with Crippen LogP contribution in [0.25, 0.3) is 0 Å². The fourth-order valence-corrected chi connectivity index (χ4v) is 4.05. The van der Waals surface area contributed by atoms with Gasteiger partial charge in [-0.1, -0.05) is 58.3 Å². The summed E-state index contributed by atoms with van der Waals surface area (Å²) in [5.74, 6) is 1.10. The highest BCUT2D eigenvalue weighted by Crippen LogP contribution is 2.38. The SMILES string of the molecule is C=C(Cc1cc(OC)c(C(CCCCCCCCCC)CC(=O)S)cc1OC)[N+](=O)[O-]. The van der Waals surface area contributed by atoms with Crippen molar-refractivity contribution in [1.29, 1.82) is 0 Å². The van der Waals surface area contributed by atoms with Gasteiger partial charge in [-0.2, -0.15) is 0 Å². The number of benzene rings is 1. The van der Waals surface area contributed by atoms with Gasteiger partial charge < -0.3 is 9.47 Å². The molecule has 6 nitrogen and oxygen atoms in total. The lowest BCUT2D eigenvalue weighted by atomic mass is 9.88. The van der Waals surface area contributed by atoms with Crippen molar-refractivity contribution in [1.82, 2.24) is 0 Å². The van der Waals surface area contributed by atoms with Crippen LogP contribution in [0.15, 0.2) is 24.4 Å². The lowest BCUT2D eigenvalue weighted by Crippen LogP contribution is -2.08. The van der Waals surface area contributed by atoms with E-state index in [1.165, 1.54) is 45.6 Å². The molecule has 0 fully saturated rings. The highest BCUT2D eigenvalue weighted by Gasteiger charge is 2.22. The minimum absolute atomic E-state index is 0.0401. The van der Waals surface area contributed by atoms with Gasteiger partial charge in [-0.3, -0.25) is 14.9 Å². The lowest BCUT2D eigenvalue weighted by molar-refractivity contribution is -0.426. The number of methoxy groups -OCH3 is 2. The quantitative estimate of drug-likeness (QED) is 0.127. The topological polar surface area (TPSA) is 78.7 Å². The van der Waals surface area contributed by atoms with E-state index in [4.69, 9.17) is 9.47 Å². The number of unbranched alkanes of at least 4 members (excludes halogenated alkanes) is 7. The zero-order valence-corrected chi connectivity index (χ0v) is 20.0. The average Bonchev–Trinajstić information content (AvgIpc) is 2.74. The van der Waals surface area contributed by atoms with E-state index in [-0.39, 0.29) is 23.2 Å². The van der Waals surface area contributed by atoms with Crippen LogP contribution in [0.2, 0.25) is 0 Å². The number of allylic oxidation sites excluding steroid dienone is 1. The molecule has 0 radical (unpaired) electrons. The predicted molar refractivity (Wildman–Crippen MR) is 128 cm³/mol. The molecule has 174 valence electrons. The van der Waals surface area contributed by atoms with E-state index in [2.05, 4.69) is 26.1 Å². The van der Waals surface area contributed by atoms with Gasteiger partial charge in [-0.15, -0.1) is 12.6 Å². The molecular weight excluding hydrogens is 414 g/mol. The van der Waals surface area contributed by atoms with Crippen LogP contribution < -0.4 is 9.47 Å². The molecule has 7 heteroatoms. The lowest BCUT2D eigenvalue weighted by Gasteiger charge is -2.21. The van der Waals surface area contributed by atoms with Crippen LogP contribution in [0, 0.1) is 10.1 Å². The molecule has 1 rings (SSSR count). The Labute approximate surface area is 192 Å². The number of nitrogens with zero attached hydrogens (tertiary/aromatic N) is 1. The molecule has 0 saturated heterocycles. The molecule has 0 bridgehead atoms. The third kappa shape index (κ3) is 9.76. The number of thiol groups is 1. The summed E-state index contributed by atoms with van der Waals surface area (Å²) in [7, 11) is 3.09. The number of rotatable bonds is 17. The van der Waals surface area contributed by atoms with Gasteiger partial charge >= 0.3 is 0 Å². The van der Waals surface area contributed by atoms with Crippen LogP contribution in [0.4, 0.5) is 0 Å². The summed E-state index contributed by atoms with van der Waals surface area (Å²) in [6.45, 7) is 5.73. The second kappa shape index (κ2) is 14.9. The Bertz CT molecular complexity index is 735. The first-order valence-corrected chi connectivity index (χ1v) is 11.6. The van der Waals surface area contributed by atoms with E-state index in [0.717, 1.165) is 24.8 Å². The van der Waals surface area contributed by atoms with E-state index in [9.17, 15) is 14.9 Å². The second-order valence-electron chi connectivity index (χ2n) is 7.96. The molecule has 0 aliphatic rings. The second-order valence-corrected chi connectivity index (χ2v) is 8.46. The van der Waals surface area contributed by atoms with Gasteiger partial charge in [0.1, 0.15) is 11.5 Å². The van der Waals surface area contributed by atoms with E-state index < -0.39 is 4.92 Å².